The smallest absolute Gasteiger partial charge is 0.319 e. The Kier molecular flexibility index (Phi) is 7.33. The third-order valence-corrected chi connectivity index (χ3v) is 5.67. The lowest BCUT2D eigenvalue weighted by atomic mass is 9.91. The molecule has 0 atom stereocenters. The van der Waals surface area contributed by atoms with Crippen molar-refractivity contribution in [1.29, 1.82) is 0 Å². The predicted molar refractivity (Wildman–Crippen MR) is 117 cm³/mol. The van der Waals surface area contributed by atoms with Crippen molar-refractivity contribution in [2.24, 2.45) is 0 Å². The monoisotopic (exact) mass is 410 g/mol. The Morgan fingerprint density at radius 3 is 1.86 bits per heavy atom. The minimum Gasteiger partial charge on any atom is -0.337 e. The fourth-order valence-corrected chi connectivity index (χ4v) is 4.00. The van der Waals surface area contributed by atoms with Crippen LogP contribution < -0.4 is 10.6 Å². The second-order valence-electron chi connectivity index (χ2n) is 5.98. The lowest BCUT2D eigenvalue weighted by Gasteiger charge is -2.19. The van der Waals surface area contributed by atoms with E-state index in [0.29, 0.717) is 12.2 Å². The summed E-state index contributed by atoms with van der Waals surface area (Å²) in [6.45, 7) is 0.483. The number of rotatable bonds is 7. The van der Waals surface area contributed by atoms with Crippen LogP contribution in [0.15, 0.2) is 77.0 Å². The van der Waals surface area contributed by atoms with Crippen molar-refractivity contribution in [2.45, 2.75) is 16.0 Å². The van der Waals surface area contributed by atoms with E-state index in [1.807, 2.05) is 48.9 Å². The van der Waals surface area contributed by atoms with Gasteiger partial charge < -0.3 is 10.6 Å². The molecule has 0 unspecified atom stereocenters. The van der Waals surface area contributed by atoms with Crippen molar-refractivity contribution in [2.75, 3.05) is 24.4 Å². The minimum absolute atomic E-state index is 0.0696. The Hall–Kier alpha value is -2.51. The highest BCUT2D eigenvalue weighted by Gasteiger charge is 2.17. The number of hydrogen-bond donors (Lipinski definition) is 2. The molecule has 0 fully saturated rings. The fourth-order valence-electron chi connectivity index (χ4n) is 2.92. The van der Waals surface area contributed by atoms with Gasteiger partial charge in [0.15, 0.2) is 0 Å². The van der Waals surface area contributed by atoms with Crippen molar-refractivity contribution in [3.05, 3.63) is 78.1 Å². The Morgan fingerprint density at radius 1 is 0.893 bits per heavy atom. The van der Waals surface area contributed by atoms with Gasteiger partial charge in [-0.05, 0) is 23.6 Å². The van der Waals surface area contributed by atoms with Crippen LogP contribution in [-0.4, -0.2) is 35.1 Å². The summed E-state index contributed by atoms with van der Waals surface area (Å²) in [5.41, 5.74) is 2.97. The third-order valence-electron chi connectivity index (χ3n) is 4.27. The molecule has 0 spiro atoms. The number of nitrogens with one attached hydrogen (secondary N) is 2. The Bertz CT molecular complexity index is 845. The summed E-state index contributed by atoms with van der Waals surface area (Å²) in [6.07, 6.45) is 5.37. The first-order valence-corrected chi connectivity index (χ1v) is 11.3. The van der Waals surface area contributed by atoms with Crippen LogP contribution in [0.4, 0.5) is 10.5 Å². The number of carbonyl (C=O) groups excluding carboxylic acids is 1. The number of benzene rings is 2. The minimum atomic E-state index is -0.266. The highest BCUT2D eigenvalue weighted by Crippen LogP contribution is 2.30. The SMILES string of the molecule is CSc1ncnc(SC)c1NC(=O)NCC(c1ccccc1)c1ccccc1. The maximum absolute atomic E-state index is 12.6. The average molecular weight is 411 g/mol. The fraction of sp³-hybridized carbons (Fsp3) is 0.190. The second kappa shape index (κ2) is 10.1. The topological polar surface area (TPSA) is 66.9 Å². The van der Waals surface area contributed by atoms with Gasteiger partial charge in [0.25, 0.3) is 0 Å². The lowest BCUT2D eigenvalue weighted by molar-refractivity contribution is 0.251. The van der Waals surface area contributed by atoms with Gasteiger partial charge in [-0.3, -0.25) is 0 Å². The molecule has 0 aliphatic heterocycles. The summed E-state index contributed by atoms with van der Waals surface area (Å²) in [5, 5.41) is 7.42. The number of anilines is 1. The summed E-state index contributed by atoms with van der Waals surface area (Å²) >= 11 is 2.96. The van der Waals surface area contributed by atoms with E-state index in [0.717, 1.165) is 21.2 Å². The van der Waals surface area contributed by atoms with Gasteiger partial charge in [-0.15, -0.1) is 23.5 Å². The highest BCUT2D eigenvalue weighted by molar-refractivity contribution is 7.99. The van der Waals surface area contributed by atoms with Gasteiger partial charge in [0.2, 0.25) is 0 Å². The normalized spacial score (nSPS) is 10.7. The molecule has 28 heavy (non-hydrogen) atoms. The zero-order valence-electron chi connectivity index (χ0n) is 15.8. The number of amides is 2. The average Bonchev–Trinajstić information content (AvgIpc) is 2.75. The molecular weight excluding hydrogens is 388 g/mol. The first-order valence-electron chi connectivity index (χ1n) is 8.80. The standard InChI is InChI=1S/C21H22N4OS2/c1-27-19-18(20(28-2)24-14-23-19)25-21(26)22-13-17(15-9-5-3-6-10-15)16-11-7-4-8-12-16/h3-12,14,17H,13H2,1-2H3,(H2,22,25,26). The van der Waals surface area contributed by atoms with E-state index in [-0.39, 0.29) is 11.9 Å². The summed E-state index contributed by atoms with van der Waals surface area (Å²) in [6, 6.07) is 20.1. The number of aromatic nitrogens is 2. The van der Waals surface area contributed by atoms with Gasteiger partial charge in [0, 0.05) is 12.5 Å². The zero-order valence-corrected chi connectivity index (χ0v) is 17.4. The second-order valence-corrected chi connectivity index (χ2v) is 7.57. The van der Waals surface area contributed by atoms with Gasteiger partial charge >= 0.3 is 6.03 Å². The van der Waals surface area contributed by atoms with Crippen LogP contribution in [0, 0.1) is 0 Å². The lowest BCUT2D eigenvalue weighted by Crippen LogP contribution is -2.33. The molecule has 0 aliphatic carbocycles. The number of thioether (sulfide) groups is 2. The molecule has 144 valence electrons. The first-order chi connectivity index (χ1) is 13.7. The van der Waals surface area contributed by atoms with Gasteiger partial charge in [-0.2, -0.15) is 0 Å². The maximum atomic E-state index is 12.6. The molecule has 3 aromatic rings. The molecule has 1 heterocycles. The van der Waals surface area contributed by atoms with Crippen molar-refractivity contribution in [3.63, 3.8) is 0 Å². The van der Waals surface area contributed by atoms with E-state index in [1.54, 1.807) is 0 Å². The third kappa shape index (κ3) is 5.05. The molecule has 7 heteroatoms. The van der Waals surface area contributed by atoms with E-state index in [1.165, 1.54) is 29.9 Å². The van der Waals surface area contributed by atoms with Gasteiger partial charge in [0.1, 0.15) is 22.1 Å². The van der Waals surface area contributed by atoms with Crippen molar-refractivity contribution < 1.29 is 4.79 Å². The molecular formula is C21H22N4OS2. The number of nitrogens with zero attached hydrogens (tertiary/aromatic N) is 2. The van der Waals surface area contributed by atoms with Crippen LogP contribution in [0.2, 0.25) is 0 Å². The van der Waals surface area contributed by atoms with Crippen LogP contribution in [-0.2, 0) is 0 Å². The molecule has 0 aliphatic rings. The quantitative estimate of drug-likeness (QED) is 0.429. The molecule has 2 N–H and O–H groups in total. The zero-order chi connectivity index (χ0) is 19.8. The van der Waals surface area contributed by atoms with E-state index in [4.69, 9.17) is 0 Å². The molecule has 2 aromatic carbocycles. The Morgan fingerprint density at radius 2 is 1.39 bits per heavy atom. The molecule has 1 aromatic heterocycles. The Labute approximate surface area is 173 Å². The van der Waals surface area contributed by atoms with Crippen molar-refractivity contribution in [3.8, 4) is 0 Å². The van der Waals surface area contributed by atoms with Crippen LogP contribution in [0.5, 0.6) is 0 Å². The largest absolute Gasteiger partial charge is 0.337 e. The van der Waals surface area contributed by atoms with Gasteiger partial charge in [-0.25, -0.2) is 14.8 Å². The molecule has 0 saturated heterocycles. The van der Waals surface area contributed by atoms with Crippen LogP contribution in [0.25, 0.3) is 0 Å². The number of hydrogen-bond acceptors (Lipinski definition) is 5. The van der Waals surface area contributed by atoms with Crippen LogP contribution >= 0.6 is 23.5 Å². The summed E-state index contributed by atoms with van der Waals surface area (Å²) in [7, 11) is 0. The van der Waals surface area contributed by atoms with Gasteiger partial charge in [0.05, 0.1) is 0 Å². The van der Waals surface area contributed by atoms with E-state index in [2.05, 4.69) is 44.9 Å². The number of urea groups is 1. The molecule has 0 saturated carbocycles. The predicted octanol–water partition coefficient (Wildman–Crippen LogP) is 4.87. The van der Waals surface area contributed by atoms with Crippen molar-refractivity contribution in [1.82, 2.24) is 15.3 Å². The van der Waals surface area contributed by atoms with Gasteiger partial charge in [-0.1, -0.05) is 60.7 Å². The van der Waals surface area contributed by atoms with E-state index in [9.17, 15) is 4.79 Å². The molecule has 0 bridgehead atoms. The Balaban J connectivity index is 1.75. The summed E-state index contributed by atoms with van der Waals surface area (Å²) < 4.78 is 0. The first kappa shape index (κ1) is 20.2. The van der Waals surface area contributed by atoms with E-state index >= 15 is 0 Å². The maximum Gasteiger partial charge on any atom is 0.319 e. The number of carbonyl (C=O) groups is 1. The van der Waals surface area contributed by atoms with Crippen molar-refractivity contribution >= 4 is 35.2 Å². The summed E-state index contributed by atoms with van der Waals surface area (Å²) in [5.74, 6) is 0.0696. The molecule has 5 nitrogen and oxygen atoms in total. The van der Waals surface area contributed by atoms with Crippen LogP contribution in [0.3, 0.4) is 0 Å². The molecule has 0 radical (unpaired) electrons. The summed E-state index contributed by atoms with van der Waals surface area (Å²) in [4.78, 5) is 21.1. The van der Waals surface area contributed by atoms with E-state index < -0.39 is 0 Å². The highest BCUT2D eigenvalue weighted by atomic mass is 32.2. The molecule has 2 amide bonds. The molecule has 3 rings (SSSR count). The van der Waals surface area contributed by atoms with Crippen LogP contribution in [0.1, 0.15) is 17.0 Å².